The minimum atomic E-state index is -4.26. The maximum Gasteiger partial charge on any atom is 0.289 e. The van der Waals surface area contributed by atoms with Crippen LogP contribution in [-0.4, -0.2) is 47.8 Å². The third-order valence-electron chi connectivity index (χ3n) is 5.68. The van der Waals surface area contributed by atoms with Crippen molar-refractivity contribution >= 4 is 44.6 Å². The molecule has 4 rings (SSSR count). The molecule has 0 bridgehead atoms. The van der Waals surface area contributed by atoms with E-state index >= 15 is 0 Å². The number of sulfonamides is 1. The first kappa shape index (κ1) is 26.9. The molecule has 0 spiro atoms. The number of thiophene rings is 1. The summed E-state index contributed by atoms with van der Waals surface area (Å²) in [6, 6.07) is 11.8. The molecule has 1 amide bonds. The van der Waals surface area contributed by atoms with Gasteiger partial charge in [0, 0.05) is 23.5 Å². The summed E-state index contributed by atoms with van der Waals surface area (Å²) in [4.78, 5) is 26.3. The Morgan fingerprint density at radius 3 is 2.57 bits per heavy atom. The Bertz CT molecular complexity index is 1410. The Labute approximate surface area is 223 Å². The molecule has 0 atom stereocenters. The highest BCUT2D eigenvalue weighted by Crippen LogP contribution is 2.33. The molecule has 37 heavy (non-hydrogen) atoms. The van der Waals surface area contributed by atoms with Gasteiger partial charge in [0.05, 0.1) is 22.9 Å². The minimum Gasteiger partial charge on any atom is -0.454 e. The van der Waals surface area contributed by atoms with Crippen LogP contribution in [-0.2, 0) is 27.9 Å². The van der Waals surface area contributed by atoms with Crippen molar-refractivity contribution in [2.75, 3.05) is 13.3 Å². The molecule has 1 aliphatic heterocycles. The fraction of sp³-hybridized carbons (Fsp3) is 0.292. The van der Waals surface area contributed by atoms with E-state index in [0.29, 0.717) is 11.5 Å². The van der Waals surface area contributed by atoms with Gasteiger partial charge >= 0.3 is 0 Å². The first-order valence-electron chi connectivity index (χ1n) is 11.2. The molecule has 2 heterocycles. The van der Waals surface area contributed by atoms with E-state index in [0.717, 1.165) is 26.9 Å². The van der Waals surface area contributed by atoms with Crippen LogP contribution in [0.2, 0.25) is 5.02 Å². The smallest absolute Gasteiger partial charge is 0.289 e. The average Bonchev–Trinajstić information content (AvgIpc) is 3.53. The van der Waals surface area contributed by atoms with Crippen LogP contribution in [0, 0.1) is 10.1 Å². The zero-order valence-electron chi connectivity index (χ0n) is 20.0. The van der Waals surface area contributed by atoms with Crippen LogP contribution in [0.3, 0.4) is 0 Å². The quantitative estimate of drug-likeness (QED) is 0.259. The lowest BCUT2D eigenvalue weighted by Gasteiger charge is -2.29. The monoisotopic (exact) mass is 565 g/mol. The zero-order valence-corrected chi connectivity index (χ0v) is 22.4. The standard InChI is InChI=1S/C24H24ClN3O7S2/c1-16(2)27(37(32,33)19-6-7-20(25)21(11-19)28(30)31)14-24(29)26(13-18-4-3-9-36-18)12-17-5-8-22-23(10-17)35-15-34-22/h3-11,16H,12-15H2,1-2H3. The van der Waals surface area contributed by atoms with Gasteiger partial charge < -0.3 is 14.4 Å². The molecular formula is C24H24ClN3O7S2. The SMILES string of the molecule is CC(C)N(CC(=O)N(Cc1ccc2c(c1)OCO2)Cc1cccs1)S(=O)(=O)c1ccc(Cl)c([N+](=O)[O-])c1. The Morgan fingerprint density at radius 2 is 1.89 bits per heavy atom. The number of ether oxygens (including phenoxy) is 2. The predicted octanol–water partition coefficient (Wildman–Crippen LogP) is 4.67. The lowest BCUT2D eigenvalue weighted by molar-refractivity contribution is -0.384. The maximum atomic E-state index is 13.6. The number of carbonyl (C=O) groups excluding carboxylic acids is 1. The van der Waals surface area contributed by atoms with Gasteiger partial charge in [0.1, 0.15) is 5.02 Å². The van der Waals surface area contributed by atoms with Gasteiger partial charge in [0.2, 0.25) is 22.7 Å². The Hall–Kier alpha value is -3.19. The van der Waals surface area contributed by atoms with Gasteiger partial charge in [0.25, 0.3) is 5.69 Å². The number of fused-ring (bicyclic) bond motifs is 1. The van der Waals surface area contributed by atoms with E-state index in [1.165, 1.54) is 17.4 Å². The van der Waals surface area contributed by atoms with E-state index in [1.807, 2.05) is 23.6 Å². The fourth-order valence-electron chi connectivity index (χ4n) is 3.79. The van der Waals surface area contributed by atoms with E-state index in [9.17, 15) is 23.3 Å². The van der Waals surface area contributed by atoms with E-state index in [1.54, 1.807) is 30.9 Å². The molecule has 0 unspecified atom stereocenters. The Morgan fingerprint density at radius 1 is 1.14 bits per heavy atom. The molecule has 1 aromatic heterocycles. The summed E-state index contributed by atoms with van der Waals surface area (Å²) in [5.74, 6) is 0.776. The summed E-state index contributed by atoms with van der Waals surface area (Å²) < 4.78 is 38.8. The largest absolute Gasteiger partial charge is 0.454 e. The van der Waals surface area contributed by atoms with Crippen molar-refractivity contribution in [3.05, 3.63) is 79.5 Å². The summed E-state index contributed by atoms with van der Waals surface area (Å²) >= 11 is 7.35. The molecule has 2 aromatic carbocycles. The molecule has 0 fully saturated rings. The van der Waals surface area contributed by atoms with E-state index < -0.39 is 39.1 Å². The summed E-state index contributed by atoms with van der Waals surface area (Å²) in [5.41, 5.74) is 0.265. The zero-order chi connectivity index (χ0) is 26.7. The van der Waals surface area contributed by atoms with Crippen LogP contribution in [0.5, 0.6) is 11.5 Å². The number of benzene rings is 2. The topological polar surface area (TPSA) is 119 Å². The van der Waals surface area contributed by atoms with Gasteiger partial charge in [-0.25, -0.2) is 8.42 Å². The number of halogens is 1. The van der Waals surface area contributed by atoms with Gasteiger partial charge in [-0.3, -0.25) is 14.9 Å². The number of nitro benzene ring substituents is 1. The Kier molecular flexibility index (Phi) is 8.02. The summed E-state index contributed by atoms with van der Waals surface area (Å²) in [6.45, 7) is 3.44. The Balaban J connectivity index is 1.61. The first-order valence-corrected chi connectivity index (χ1v) is 13.9. The highest BCUT2D eigenvalue weighted by Gasteiger charge is 2.32. The number of hydrogen-bond donors (Lipinski definition) is 0. The molecular weight excluding hydrogens is 542 g/mol. The van der Waals surface area contributed by atoms with Gasteiger partial charge in [-0.05, 0) is 55.1 Å². The molecule has 0 radical (unpaired) electrons. The van der Waals surface area contributed by atoms with Crippen LogP contribution in [0.1, 0.15) is 24.3 Å². The summed E-state index contributed by atoms with van der Waals surface area (Å²) in [5, 5.41) is 13.0. The van der Waals surface area contributed by atoms with Crippen molar-refractivity contribution in [2.45, 2.75) is 37.9 Å². The van der Waals surface area contributed by atoms with E-state index in [-0.39, 0.29) is 29.8 Å². The molecule has 0 N–H and O–H groups in total. The average molecular weight is 566 g/mol. The number of amides is 1. The number of nitrogens with zero attached hydrogens (tertiary/aromatic N) is 3. The van der Waals surface area contributed by atoms with Crippen LogP contribution in [0.15, 0.2) is 58.8 Å². The normalized spacial score (nSPS) is 12.8. The van der Waals surface area contributed by atoms with Crippen molar-refractivity contribution in [2.24, 2.45) is 0 Å². The van der Waals surface area contributed by atoms with E-state index in [4.69, 9.17) is 21.1 Å². The molecule has 3 aromatic rings. The van der Waals surface area contributed by atoms with Gasteiger partial charge in [-0.2, -0.15) is 4.31 Å². The van der Waals surface area contributed by atoms with Crippen LogP contribution in [0.25, 0.3) is 0 Å². The van der Waals surface area contributed by atoms with Crippen LogP contribution < -0.4 is 9.47 Å². The molecule has 0 saturated carbocycles. The van der Waals surface area contributed by atoms with Crippen molar-refractivity contribution in [3.8, 4) is 11.5 Å². The third-order valence-corrected chi connectivity index (χ3v) is 8.88. The summed E-state index contributed by atoms with van der Waals surface area (Å²) in [6.07, 6.45) is 0. The van der Waals surface area contributed by atoms with Crippen molar-refractivity contribution < 1.29 is 27.6 Å². The lowest BCUT2D eigenvalue weighted by atomic mass is 10.2. The lowest BCUT2D eigenvalue weighted by Crippen LogP contribution is -2.45. The van der Waals surface area contributed by atoms with Crippen LogP contribution >= 0.6 is 22.9 Å². The van der Waals surface area contributed by atoms with Gasteiger partial charge in [-0.1, -0.05) is 23.7 Å². The first-order chi connectivity index (χ1) is 17.6. The molecule has 1 aliphatic rings. The highest BCUT2D eigenvalue weighted by atomic mass is 35.5. The number of carbonyl (C=O) groups is 1. The van der Waals surface area contributed by atoms with Crippen molar-refractivity contribution in [1.82, 2.24) is 9.21 Å². The number of rotatable bonds is 10. The predicted molar refractivity (Wildman–Crippen MR) is 138 cm³/mol. The highest BCUT2D eigenvalue weighted by molar-refractivity contribution is 7.89. The van der Waals surface area contributed by atoms with Gasteiger partial charge in [-0.15, -0.1) is 11.3 Å². The van der Waals surface area contributed by atoms with Crippen molar-refractivity contribution in [3.63, 3.8) is 0 Å². The third kappa shape index (κ3) is 6.04. The van der Waals surface area contributed by atoms with Crippen molar-refractivity contribution in [1.29, 1.82) is 0 Å². The molecule has 10 nitrogen and oxygen atoms in total. The number of hydrogen-bond acceptors (Lipinski definition) is 8. The molecule has 0 aliphatic carbocycles. The minimum absolute atomic E-state index is 0.126. The molecule has 13 heteroatoms. The summed E-state index contributed by atoms with van der Waals surface area (Å²) in [7, 11) is -4.26. The van der Waals surface area contributed by atoms with Crippen LogP contribution in [0.4, 0.5) is 5.69 Å². The maximum absolute atomic E-state index is 13.6. The number of nitro groups is 1. The second-order valence-corrected chi connectivity index (χ2v) is 11.9. The second-order valence-electron chi connectivity index (χ2n) is 8.53. The molecule has 0 saturated heterocycles. The van der Waals surface area contributed by atoms with E-state index in [2.05, 4.69) is 0 Å². The molecule has 196 valence electrons. The van der Waals surface area contributed by atoms with Gasteiger partial charge in [0.15, 0.2) is 11.5 Å². The fourth-order valence-corrected chi connectivity index (χ4v) is 6.30. The second kappa shape index (κ2) is 11.1.